The normalized spacial score (nSPS) is 10.3. The molecule has 0 atom stereocenters. The van der Waals surface area contributed by atoms with E-state index in [0.29, 0.717) is 45.5 Å². The SMILES string of the molecule is COc1cc2ncc(C#N)c(Nc3ccc(Oc4ccccc4)c(OC)c3)c2cc1OC. The maximum Gasteiger partial charge on any atom is 0.169 e. The molecule has 0 spiro atoms. The predicted octanol–water partition coefficient (Wildman–Crippen LogP) is 5.67. The van der Waals surface area contributed by atoms with Crippen molar-refractivity contribution in [2.24, 2.45) is 0 Å². The van der Waals surface area contributed by atoms with Crippen LogP contribution in [0.4, 0.5) is 11.4 Å². The minimum atomic E-state index is 0.397. The van der Waals surface area contributed by atoms with Crippen molar-refractivity contribution in [3.8, 4) is 34.8 Å². The molecular formula is C25H21N3O4. The average Bonchev–Trinajstić information content (AvgIpc) is 2.84. The molecule has 4 rings (SSSR count). The van der Waals surface area contributed by atoms with E-state index in [9.17, 15) is 5.26 Å². The van der Waals surface area contributed by atoms with Crippen molar-refractivity contribution in [3.63, 3.8) is 0 Å². The summed E-state index contributed by atoms with van der Waals surface area (Å²) in [5, 5.41) is 13.7. The first kappa shape index (κ1) is 20.8. The van der Waals surface area contributed by atoms with Crippen molar-refractivity contribution in [2.75, 3.05) is 26.6 Å². The number of pyridine rings is 1. The fourth-order valence-corrected chi connectivity index (χ4v) is 3.33. The fourth-order valence-electron chi connectivity index (χ4n) is 3.33. The van der Waals surface area contributed by atoms with Gasteiger partial charge >= 0.3 is 0 Å². The summed E-state index contributed by atoms with van der Waals surface area (Å²) in [5.41, 5.74) is 2.40. The number of anilines is 2. The van der Waals surface area contributed by atoms with E-state index >= 15 is 0 Å². The van der Waals surface area contributed by atoms with E-state index in [1.165, 1.54) is 6.20 Å². The third kappa shape index (κ3) is 4.07. The molecule has 3 aromatic carbocycles. The molecule has 1 aromatic heterocycles. The number of nitrogens with zero attached hydrogens (tertiary/aromatic N) is 2. The van der Waals surface area contributed by atoms with Gasteiger partial charge in [0.1, 0.15) is 11.8 Å². The van der Waals surface area contributed by atoms with Crippen LogP contribution in [0.1, 0.15) is 5.56 Å². The molecule has 32 heavy (non-hydrogen) atoms. The van der Waals surface area contributed by atoms with Crippen LogP contribution in [0.2, 0.25) is 0 Å². The van der Waals surface area contributed by atoms with Crippen molar-refractivity contribution in [1.29, 1.82) is 5.26 Å². The van der Waals surface area contributed by atoms with Crippen LogP contribution in [0.25, 0.3) is 10.9 Å². The predicted molar refractivity (Wildman–Crippen MR) is 122 cm³/mol. The number of aromatic nitrogens is 1. The quantitative estimate of drug-likeness (QED) is 0.407. The smallest absolute Gasteiger partial charge is 0.169 e. The Kier molecular flexibility index (Phi) is 5.95. The first-order valence-electron chi connectivity index (χ1n) is 9.79. The van der Waals surface area contributed by atoms with Crippen molar-refractivity contribution >= 4 is 22.3 Å². The molecule has 0 fully saturated rings. The maximum atomic E-state index is 9.66. The number of nitriles is 1. The Hall–Kier alpha value is -4.44. The molecule has 1 N–H and O–H groups in total. The number of ether oxygens (including phenoxy) is 4. The molecular weight excluding hydrogens is 406 g/mol. The minimum Gasteiger partial charge on any atom is -0.493 e. The lowest BCUT2D eigenvalue weighted by Crippen LogP contribution is -1.99. The highest BCUT2D eigenvalue weighted by Crippen LogP contribution is 2.39. The highest BCUT2D eigenvalue weighted by molar-refractivity contribution is 5.97. The second-order valence-corrected chi connectivity index (χ2v) is 6.79. The maximum absolute atomic E-state index is 9.66. The monoisotopic (exact) mass is 427 g/mol. The summed E-state index contributed by atoms with van der Waals surface area (Å²) in [4.78, 5) is 4.39. The number of rotatable bonds is 7. The van der Waals surface area contributed by atoms with Crippen LogP contribution < -0.4 is 24.3 Å². The van der Waals surface area contributed by atoms with Crippen molar-refractivity contribution in [3.05, 3.63) is 72.4 Å². The van der Waals surface area contributed by atoms with E-state index in [2.05, 4.69) is 16.4 Å². The van der Waals surface area contributed by atoms with E-state index in [4.69, 9.17) is 18.9 Å². The molecule has 0 radical (unpaired) electrons. The molecule has 0 saturated heterocycles. The van der Waals surface area contributed by atoms with Gasteiger partial charge in [-0.25, -0.2) is 0 Å². The van der Waals surface area contributed by atoms with E-state index in [1.807, 2.05) is 48.5 Å². The zero-order valence-electron chi connectivity index (χ0n) is 17.9. The van der Waals surface area contributed by atoms with Gasteiger partial charge in [0.15, 0.2) is 23.0 Å². The number of benzene rings is 3. The largest absolute Gasteiger partial charge is 0.493 e. The topological polar surface area (TPSA) is 85.6 Å². The third-order valence-electron chi connectivity index (χ3n) is 4.90. The Bertz CT molecular complexity index is 1300. The van der Waals surface area contributed by atoms with Gasteiger partial charge in [0.25, 0.3) is 0 Å². The zero-order chi connectivity index (χ0) is 22.5. The Morgan fingerprint density at radius 1 is 0.812 bits per heavy atom. The standard InChI is InChI=1S/C25H21N3O4/c1-29-22-11-17(9-10-21(22)32-18-7-5-4-6-8-18)28-25-16(14-26)15-27-20-13-24(31-3)23(30-2)12-19(20)25/h4-13,15H,1-3H3,(H,27,28). The molecule has 0 bridgehead atoms. The number of hydrogen-bond acceptors (Lipinski definition) is 7. The van der Waals surface area contributed by atoms with Gasteiger partial charge in [0.05, 0.1) is 38.1 Å². The van der Waals surface area contributed by atoms with Gasteiger partial charge in [-0.05, 0) is 30.3 Å². The first-order valence-corrected chi connectivity index (χ1v) is 9.79. The minimum absolute atomic E-state index is 0.397. The summed E-state index contributed by atoms with van der Waals surface area (Å²) in [6, 6.07) is 20.7. The molecule has 0 aliphatic carbocycles. The Morgan fingerprint density at radius 2 is 1.50 bits per heavy atom. The summed E-state index contributed by atoms with van der Waals surface area (Å²) in [7, 11) is 4.71. The molecule has 4 aromatic rings. The van der Waals surface area contributed by atoms with Gasteiger partial charge in [-0.3, -0.25) is 4.98 Å². The van der Waals surface area contributed by atoms with Crippen LogP contribution in [-0.2, 0) is 0 Å². The van der Waals surface area contributed by atoms with Crippen LogP contribution in [-0.4, -0.2) is 26.3 Å². The van der Waals surface area contributed by atoms with E-state index in [-0.39, 0.29) is 0 Å². The van der Waals surface area contributed by atoms with Crippen LogP contribution in [0.3, 0.4) is 0 Å². The molecule has 0 amide bonds. The number of nitrogens with one attached hydrogen (secondary N) is 1. The summed E-state index contributed by atoms with van der Waals surface area (Å²) < 4.78 is 22.3. The second-order valence-electron chi connectivity index (χ2n) is 6.79. The number of para-hydroxylation sites is 1. The molecule has 7 heteroatoms. The lowest BCUT2D eigenvalue weighted by atomic mass is 10.1. The van der Waals surface area contributed by atoms with Crippen molar-refractivity contribution in [1.82, 2.24) is 4.98 Å². The van der Waals surface area contributed by atoms with Gasteiger partial charge in [-0.2, -0.15) is 5.26 Å². The van der Waals surface area contributed by atoms with E-state index in [0.717, 1.165) is 11.1 Å². The second kappa shape index (κ2) is 9.14. The molecule has 160 valence electrons. The van der Waals surface area contributed by atoms with Crippen LogP contribution in [0, 0.1) is 11.3 Å². The number of hydrogen-bond donors (Lipinski definition) is 1. The van der Waals surface area contributed by atoms with Crippen molar-refractivity contribution in [2.45, 2.75) is 0 Å². The van der Waals surface area contributed by atoms with E-state index < -0.39 is 0 Å². The van der Waals surface area contributed by atoms with Crippen LogP contribution in [0.15, 0.2) is 66.9 Å². The third-order valence-corrected chi connectivity index (χ3v) is 4.90. The molecule has 1 heterocycles. The summed E-state index contributed by atoms with van der Waals surface area (Å²) in [5.74, 6) is 2.95. The van der Waals surface area contributed by atoms with Gasteiger partial charge in [-0.1, -0.05) is 18.2 Å². The molecule has 0 unspecified atom stereocenters. The average molecular weight is 427 g/mol. The van der Waals surface area contributed by atoms with Gasteiger partial charge < -0.3 is 24.3 Å². The number of fused-ring (bicyclic) bond motifs is 1. The lowest BCUT2D eigenvalue weighted by molar-refractivity contribution is 0.356. The Balaban J connectivity index is 1.74. The summed E-state index contributed by atoms with van der Waals surface area (Å²) >= 11 is 0. The number of methoxy groups -OCH3 is 3. The summed E-state index contributed by atoms with van der Waals surface area (Å²) in [6.45, 7) is 0. The van der Waals surface area contributed by atoms with E-state index in [1.54, 1.807) is 33.5 Å². The fraction of sp³-hybridized carbons (Fsp3) is 0.120. The molecule has 7 nitrogen and oxygen atoms in total. The first-order chi connectivity index (χ1) is 15.7. The lowest BCUT2D eigenvalue weighted by Gasteiger charge is -2.16. The van der Waals surface area contributed by atoms with Gasteiger partial charge in [0, 0.05) is 29.4 Å². The Morgan fingerprint density at radius 3 is 2.19 bits per heavy atom. The van der Waals surface area contributed by atoms with Crippen molar-refractivity contribution < 1.29 is 18.9 Å². The summed E-state index contributed by atoms with van der Waals surface area (Å²) in [6.07, 6.45) is 1.53. The van der Waals surface area contributed by atoms with Gasteiger partial charge in [0.2, 0.25) is 0 Å². The molecule has 0 saturated carbocycles. The molecule has 0 aliphatic rings. The van der Waals surface area contributed by atoms with Crippen LogP contribution in [0.5, 0.6) is 28.7 Å². The highest BCUT2D eigenvalue weighted by Gasteiger charge is 2.15. The molecule has 0 aliphatic heterocycles. The zero-order valence-corrected chi connectivity index (χ0v) is 17.9. The van der Waals surface area contributed by atoms with Crippen LogP contribution >= 0.6 is 0 Å². The highest BCUT2D eigenvalue weighted by atomic mass is 16.5. The Labute approximate surface area is 185 Å². The van der Waals surface area contributed by atoms with Gasteiger partial charge in [-0.15, -0.1) is 0 Å².